The summed E-state index contributed by atoms with van der Waals surface area (Å²) in [5.41, 5.74) is 3.84. The first-order chi connectivity index (χ1) is 9.25. The van der Waals surface area contributed by atoms with Crippen molar-refractivity contribution in [3.8, 4) is 0 Å². The van der Waals surface area contributed by atoms with E-state index in [0.29, 0.717) is 5.56 Å². The molecule has 0 fully saturated rings. The predicted octanol–water partition coefficient (Wildman–Crippen LogP) is 2.62. The number of aromatic carboxylic acids is 1. The Morgan fingerprint density at radius 3 is 2.68 bits per heavy atom. The van der Waals surface area contributed by atoms with Gasteiger partial charge in [0.2, 0.25) is 0 Å². The molecule has 0 spiro atoms. The summed E-state index contributed by atoms with van der Waals surface area (Å²) >= 11 is 0. The second-order valence-electron chi connectivity index (χ2n) is 4.77. The molecule has 0 saturated heterocycles. The van der Waals surface area contributed by atoms with Crippen LogP contribution >= 0.6 is 0 Å². The fourth-order valence-corrected chi connectivity index (χ4v) is 2.63. The SMILES string of the molecule is O=C(O)c1ccc2c(c1)C(c1ccccc1)NCC2. The van der Waals surface area contributed by atoms with Crippen molar-refractivity contribution in [1.82, 2.24) is 5.32 Å². The Labute approximate surface area is 111 Å². The fraction of sp³-hybridized carbons (Fsp3) is 0.188. The number of carboxylic acid groups (broad SMARTS) is 1. The molecule has 2 N–H and O–H groups in total. The van der Waals surface area contributed by atoms with Crippen molar-refractivity contribution >= 4 is 5.97 Å². The van der Waals surface area contributed by atoms with Crippen molar-refractivity contribution in [2.24, 2.45) is 0 Å². The van der Waals surface area contributed by atoms with Crippen LogP contribution in [0, 0.1) is 0 Å². The molecule has 0 amide bonds. The van der Waals surface area contributed by atoms with Gasteiger partial charge in [-0.3, -0.25) is 0 Å². The lowest BCUT2D eigenvalue weighted by Crippen LogP contribution is -2.30. The Balaban J connectivity index is 2.08. The van der Waals surface area contributed by atoms with E-state index in [0.717, 1.165) is 18.5 Å². The molecule has 3 rings (SSSR count). The second kappa shape index (κ2) is 4.86. The first-order valence-corrected chi connectivity index (χ1v) is 6.40. The van der Waals surface area contributed by atoms with Crippen LogP contribution in [0.1, 0.15) is 33.1 Å². The summed E-state index contributed by atoms with van der Waals surface area (Å²) in [5, 5.41) is 12.6. The van der Waals surface area contributed by atoms with Gasteiger partial charge in [0.25, 0.3) is 0 Å². The average molecular weight is 253 g/mol. The van der Waals surface area contributed by atoms with Crippen LogP contribution < -0.4 is 5.32 Å². The lowest BCUT2D eigenvalue weighted by molar-refractivity contribution is 0.0696. The zero-order valence-corrected chi connectivity index (χ0v) is 10.5. The van der Waals surface area contributed by atoms with Crippen LogP contribution in [0.2, 0.25) is 0 Å². The molecule has 0 saturated carbocycles. The van der Waals surface area contributed by atoms with Crippen molar-refractivity contribution in [3.63, 3.8) is 0 Å². The second-order valence-corrected chi connectivity index (χ2v) is 4.77. The van der Waals surface area contributed by atoms with E-state index in [-0.39, 0.29) is 6.04 Å². The third-order valence-corrected chi connectivity index (χ3v) is 3.58. The van der Waals surface area contributed by atoms with Gasteiger partial charge in [-0.25, -0.2) is 4.79 Å². The summed E-state index contributed by atoms with van der Waals surface area (Å²) in [5.74, 6) is -0.875. The number of benzene rings is 2. The van der Waals surface area contributed by atoms with Crippen LogP contribution in [0.25, 0.3) is 0 Å². The Hall–Kier alpha value is -2.13. The van der Waals surface area contributed by atoms with E-state index in [1.807, 2.05) is 24.3 Å². The molecule has 0 aliphatic carbocycles. The van der Waals surface area contributed by atoms with Crippen LogP contribution in [-0.2, 0) is 6.42 Å². The number of rotatable bonds is 2. The Morgan fingerprint density at radius 2 is 1.95 bits per heavy atom. The number of carbonyl (C=O) groups is 1. The zero-order valence-electron chi connectivity index (χ0n) is 10.5. The maximum absolute atomic E-state index is 11.1. The van der Waals surface area contributed by atoms with Crippen LogP contribution in [0.15, 0.2) is 48.5 Å². The van der Waals surface area contributed by atoms with Gasteiger partial charge in [0.15, 0.2) is 0 Å². The molecule has 1 aliphatic heterocycles. The summed E-state index contributed by atoms with van der Waals surface area (Å²) in [6.45, 7) is 0.916. The third kappa shape index (κ3) is 2.25. The maximum Gasteiger partial charge on any atom is 0.335 e. The topological polar surface area (TPSA) is 49.3 Å². The highest BCUT2D eigenvalue weighted by Gasteiger charge is 2.22. The van der Waals surface area contributed by atoms with Gasteiger partial charge in [0, 0.05) is 6.54 Å². The molecular weight excluding hydrogens is 238 g/mol. The maximum atomic E-state index is 11.1. The molecule has 1 aliphatic rings. The summed E-state index contributed by atoms with van der Waals surface area (Å²) in [6, 6.07) is 15.6. The minimum atomic E-state index is -0.875. The fourth-order valence-electron chi connectivity index (χ4n) is 2.63. The third-order valence-electron chi connectivity index (χ3n) is 3.58. The molecule has 1 atom stereocenters. The highest BCUT2D eigenvalue weighted by molar-refractivity contribution is 5.88. The van der Waals surface area contributed by atoms with Crippen LogP contribution in [-0.4, -0.2) is 17.6 Å². The van der Waals surface area contributed by atoms with Gasteiger partial charge in [0.05, 0.1) is 11.6 Å². The molecule has 3 nitrogen and oxygen atoms in total. The van der Waals surface area contributed by atoms with Crippen molar-refractivity contribution in [3.05, 3.63) is 70.8 Å². The molecular formula is C16H15NO2. The molecule has 1 heterocycles. The van der Waals surface area contributed by atoms with Crippen LogP contribution in [0.3, 0.4) is 0 Å². The predicted molar refractivity (Wildman–Crippen MR) is 73.4 cm³/mol. The van der Waals surface area contributed by atoms with Crippen molar-refractivity contribution in [2.75, 3.05) is 6.54 Å². The quantitative estimate of drug-likeness (QED) is 0.865. The number of hydrogen-bond donors (Lipinski definition) is 2. The van der Waals surface area contributed by atoms with Gasteiger partial charge in [-0.2, -0.15) is 0 Å². The number of carboxylic acids is 1. The molecule has 0 bridgehead atoms. The van der Waals surface area contributed by atoms with E-state index in [2.05, 4.69) is 17.4 Å². The molecule has 96 valence electrons. The molecule has 1 unspecified atom stereocenters. The van der Waals surface area contributed by atoms with Crippen molar-refractivity contribution in [1.29, 1.82) is 0 Å². The van der Waals surface area contributed by atoms with E-state index in [4.69, 9.17) is 5.11 Å². The number of hydrogen-bond acceptors (Lipinski definition) is 2. The standard InChI is InChI=1S/C16H15NO2/c18-16(19)13-7-6-11-8-9-17-15(14(11)10-13)12-4-2-1-3-5-12/h1-7,10,15,17H,8-9H2,(H,18,19). The lowest BCUT2D eigenvalue weighted by atomic mass is 9.88. The number of fused-ring (bicyclic) bond motifs is 1. The smallest absolute Gasteiger partial charge is 0.335 e. The normalized spacial score (nSPS) is 17.8. The molecule has 2 aromatic rings. The molecule has 0 radical (unpaired) electrons. The Kier molecular flexibility index (Phi) is 3.05. The van der Waals surface area contributed by atoms with E-state index in [1.54, 1.807) is 12.1 Å². The Morgan fingerprint density at radius 1 is 1.16 bits per heavy atom. The number of nitrogens with one attached hydrogen (secondary N) is 1. The highest BCUT2D eigenvalue weighted by atomic mass is 16.4. The summed E-state index contributed by atoms with van der Waals surface area (Å²) in [6.07, 6.45) is 0.943. The van der Waals surface area contributed by atoms with E-state index < -0.39 is 5.97 Å². The molecule has 3 heteroatoms. The summed E-state index contributed by atoms with van der Waals surface area (Å²) in [7, 11) is 0. The molecule has 19 heavy (non-hydrogen) atoms. The first-order valence-electron chi connectivity index (χ1n) is 6.40. The molecule has 2 aromatic carbocycles. The zero-order chi connectivity index (χ0) is 13.2. The van der Waals surface area contributed by atoms with Gasteiger partial charge in [0.1, 0.15) is 0 Å². The van der Waals surface area contributed by atoms with Crippen molar-refractivity contribution in [2.45, 2.75) is 12.5 Å². The van der Waals surface area contributed by atoms with E-state index in [9.17, 15) is 4.79 Å². The minimum absolute atomic E-state index is 0.0873. The summed E-state index contributed by atoms with van der Waals surface area (Å²) < 4.78 is 0. The van der Waals surface area contributed by atoms with Crippen molar-refractivity contribution < 1.29 is 9.90 Å². The summed E-state index contributed by atoms with van der Waals surface area (Å²) in [4.78, 5) is 11.1. The Bertz CT molecular complexity index is 607. The first kappa shape index (κ1) is 11.9. The van der Waals surface area contributed by atoms with Gasteiger partial charge >= 0.3 is 5.97 Å². The van der Waals surface area contributed by atoms with Gasteiger partial charge < -0.3 is 10.4 Å². The largest absolute Gasteiger partial charge is 0.478 e. The average Bonchev–Trinajstić information content (AvgIpc) is 2.47. The van der Waals surface area contributed by atoms with E-state index in [1.165, 1.54) is 11.1 Å². The van der Waals surface area contributed by atoms with Gasteiger partial charge in [-0.05, 0) is 35.2 Å². The highest BCUT2D eigenvalue weighted by Crippen LogP contribution is 2.29. The van der Waals surface area contributed by atoms with Crippen LogP contribution in [0.4, 0.5) is 0 Å². The molecule has 0 aromatic heterocycles. The van der Waals surface area contributed by atoms with Crippen LogP contribution in [0.5, 0.6) is 0 Å². The minimum Gasteiger partial charge on any atom is -0.478 e. The van der Waals surface area contributed by atoms with E-state index >= 15 is 0 Å². The lowest BCUT2D eigenvalue weighted by Gasteiger charge is -2.27. The van der Waals surface area contributed by atoms with Gasteiger partial charge in [-0.1, -0.05) is 36.4 Å². The van der Waals surface area contributed by atoms with Gasteiger partial charge in [-0.15, -0.1) is 0 Å². The monoisotopic (exact) mass is 253 g/mol.